The number of fused-ring (bicyclic) bond motifs is 7. The first-order valence-corrected chi connectivity index (χ1v) is 14.1. The zero-order valence-corrected chi connectivity index (χ0v) is 24.8. The highest BCUT2D eigenvalue weighted by Crippen LogP contribution is 2.70. The minimum absolute atomic E-state index is 0.0512. The second kappa shape index (κ2) is 8.38. The first-order valence-electron chi connectivity index (χ1n) is 14.1. The number of rotatable bonds is 4. The van der Waals surface area contributed by atoms with Crippen molar-refractivity contribution in [2.75, 3.05) is 7.05 Å². The predicted octanol–water partition coefficient (Wildman–Crippen LogP) is 6.55. The van der Waals surface area contributed by atoms with Crippen molar-refractivity contribution in [2.45, 2.75) is 104 Å². The van der Waals surface area contributed by atoms with Crippen molar-refractivity contribution in [2.24, 2.45) is 10.9 Å². The fraction of sp³-hybridized carbons (Fsp3) is 0.545. The molecule has 0 N–H and O–H groups in total. The molecule has 5 rings (SSSR count). The van der Waals surface area contributed by atoms with Gasteiger partial charge in [0.2, 0.25) is 5.54 Å². The van der Waals surface area contributed by atoms with Gasteiger partial charge in [-0.3, -0.25) is 0 Å². The van der Waals surface area contributed by atoms with Crippen LogP contribution in [0.1, 0.15) is 91.8 Å². The molecule has 1 fully saturated rings. The van der Waals surface area contributed by atoms with Crippen LogP contribution in [0, 0.1) is 5.92 Å². The lowest BCUT2D eigenvalue weighted by Crippen LogP contribution is -2.58. The highest BCUT2D eigenvalue weighted by Gasteiger charge is 2.92. The summed E-state index contributed by atoms with van der Waals surface area (Å²) >= 11 is 0. The van der Waals surface area contributed by atoms with Crippen LogP contribution in [0.2, 0.25) is 0 Å². The molecule has 3 atom stereocenters. The summed E-state index contributed by atoms with van der Waals surface area (Å²) < 4.78 is 5.10. The van der Waals surface area contributed by atoms with E-state index in [1.54, 1.807) is 0 Å². The SMILES string of the molecule is C/N=C\[N+]1=Cc2cc(C(C)(C)C)c3ccccc3c2C2C1(C)C21N(C(C)C)C=C(C(C)C)C=[N+]1C(C)C. The normalized spacial score (nSPS) is 27.2. The van der Waals surface area contributed by atoms with E-state index in [1.165, 1.54) is 33.0 Å². The van der Waals surface area contributed by atoms with Crippen molar-refractivity contribution >= 4 is 29.5 Å². The molecular formula is C33H46N4+2. The van der Waals surface area contributed by atoms with E-state index in [4.69, 9.17) is 0 Å². The van der Waals surface area contributed by atoms with E-state index in [0.29, 0.717) is 23.9 Å². The highest BCUT2D eigenvalue weighted by atomic mass is 15.5. The Bertz CT molecular complexity index is 1380. The standard InChI is InChI=1S/C33H46N4/c1-21(2)25-18-36(22(3)4)33(37(19-25)23(5)6)30-29-24(17-35(20-34-11)32(30,33)10)16-28(31(7,8)9)26-14-12-13-15-27(26)29/h12-23,30H,1-11H3/q+2/b34-20-. The van der Waals surface area contributed by atoms with Gasteiger partial charge in [0, 0.05) is 23.4 Å². The molecule has 1 aliphatic carbocycles. The van der Waals surface area contributed by atoms with Crippen LogP contribution < -0.4 is 0 Å². The molecule has 0 radical (unpaired) electrons. The Morgan fingerprint density at radius 1 is 1.00 bits per heavy atom. The molecule has 4 nitrogen and oxygen atoms in total. The van der Waals surface area contributed by atoms with Crippen LogP contribution in [0.25, 0.3) is 10.8 Å². The molecule has 0 aromatic heterocycles. The van der Waals surface area contributed by atoms with Gasteiger partial charge in [-0.05, 0) is 73.9 Å². The summed E-state index contributed by atoms with van der Waals surface area (Å²) in [6.45, 7) is 23.4. The largest absolute Gasteiger partial charge is 0.311 e. The van der Waals surface area contributed by atoms with Crippen LogP contribution >= 0.6 is 0 Å². The molecule has 1 saturated carbocycles. The zero-order valence-electron chi connectivity index (χ0n) is 24.8. The molecule has 2 aliphatic heterocycles. The van der Waals surface area contributed by atoms with Crippen LogP contribution in [0.15, 0.2) is 47.1 Å². The Morgan fingerprint density at radius 2 is 1.65 bits per heavy atom. The predicted molar refractivity (Wildman–Crippen MR) is 158 cm³/mol. The quantitative estimate of drug-likeness (QED) is 0.266. The van der Waals surface area contributed by atoms with E-state index in [9.17, 15) is 0 Å². The molecule has 37 heavy (non-hydrogen) atoms. The zero-order chi connectivity index (χ0) is 27.1. The third-order valence-electron chi connectivity index (χ3n) is 9.04. The minimum atomic E-state index is -0.220. The van der Waals surface area contributed by atoms with Crippen molar-refractivity contribution in [3.8, 4) is 0 Å². The smallest absolute Gasteiger partial charge is 0.294 e. The third-order valence-corrected chi connectivity index (χ3v) is 9.04. The first-order chi connectivity index (χ1) is 17.3. The first kappa shape index (κ1) is 25.9. The fourth-order valence-corrected chi connectivity index (χ4v) is 7.31. The van der Waals surface area contributed by atoms with Crippen molar-refractivity contribution < 1.29 is 9.15 Å². The molecule has 2 aromatic carbocycles. The second-order valence-corrected chi connectivity index (χ2v) is 13.4. The molecule has 0 amide bonds. The lowest BCUT2D eigenvalue weighted by Gasteiger charge is -2.38. The molecule has 0 bridgehead atoms. The molecule has 4 heteroatoms. The average molecular weight is 499 g/mol. The number of benzene rings is 2. The van der Waals surface area contributed by atoms with Crippen molar-refractivity contribution in [3.05, 3.63) is 58.8 Å². The van der Waals surface area contributed by atoms with Crippen molar-refractivity contribution in [1.82, 2.24) is 4.90 Å². The number of nitrogens with zero attached hydrogens (tertiary/aromatic N) is 4. The fourth-order valence-electron chi connectivity index (χ4n) is 7.31. The van der Waals surface area contributed by atoms with E-state index in [0.717, 1.165) is 0 Å². The van der Waals surface area contributed by atoms with Gasteiger partial charge in [0.15, 0.2) is 6.21 Å². The van der Waals surface area contributed by atoms with Gasteiger partial charge in [-0.1, -0.05) is 63.9 Å². The van der Waals surface area contributed by atoms with Crippen LogP contribution in [-0.2, 0) is 5.41 Å². The average Bonchev–Trinajstić information content (AvgIpc) is 3.37. The maximum Gasteiger partial charge on any atom is 0.294 e. The Morgan fingerprint density at radius 3 is 2.19 bits per heavy atom. The van der Waals surface area contributed by atoms with Crippen molar-refractivity contribution in [3.63, 3.8) is 0 Å². The van der Waals surface area contributed by atoms with Crippen LogP contribution in [-0.4, -0.2) is 63.2 Å². The van der Waals surface area contributed by atoms with E-state index in [1.807, 2.05) is 7.05 Å². The summed E-state index contributed by atoms with van der Waals surface area (Å²) in [6, 6.07) is 12.3. The molecule has 0 saturated heterocycles. The summed E-state index contributed by atoms with van der Waals surface area (Å²) in [5, 5.41) is 2.78. The third kappa shape index (κ3) is 3.36. The maximum absolute atomic E-state index is 4.56. The summed E-state index contributed by atoms with van der Waals surface area (Å²) in [5.41, 5.74) is 5.27. The Hall–Kier alpha value is -2.75. The maximum atomic E-state index is 4.56. The summed E-state index contributed by atoms with van der Waals surface area (Å²) in [4.78, 5) is 7.24. The molecular weight excluding hydrogens is 452 g/mol. The number of hydrogen-bond acceptors (Lipinski definition) is 2. The van der Waals surface area contributed by atoms with Crippen LogP contribution in [0.4, 0.5) is 0 Å². The van der Waals surface area contributed by atoms with Gasteiger partial charge in [-0.2, -0.15) is 0 Å². The van der Waals surface area contributed by atoms with Gasteiger partial charge >= 0.3 is 0 Å². The molecule has 1 spiro atoms. The molecule has 2 aromatic rings. The molecule has 196 valence electrons. The van der Waals surface area contributed by atoms with Crippen LogP contribution in [0.3, 0.4) is 0 Å². The van der Waals surface area contributed by atoms with E-state index in [2.05, 4.69) is 144 Å². The van der Waals surface area contributed by atoms with Crippen molar-refractivity contribution in [1.29, 1.82) is 0 Å². The van der Waals surface area contributed by atoms with E-state index in [-0.39, 0.29) is 16.6 Å². The summed E-state index contributed by atoms with van der Waals surface area (Å²) in [7, 11) is 1.89. The lowest BCUT2D eigenvalue weighted by atomic mass is 9.79. The van der Waals surface area contributed by atoms with E-state index < -0.39 is 0 Å². The van der Waals surface area contributed by atoms with Gasteiger partial charge in [-0.25, -0.2) is 9.15 Å². The van der Waals surface area contributed by atoms with Gasteiger partial charge in [-0.15, -0.1) is 0 Å². The molecule has 3 aliphatic rings. The Labute approximate surface area is 224 Å². The van der Waals surface area contributed by atoms with Gasteiger partial charge in [0.05, 0.1) is 6.21 Å². The molecule has 3 unspecified atom stereocenters. The molecule has 2 heterocycles. The minimum Gasteiger partial charge on any atom is -0.311 e. The van der Waals surface area contributed by atoms with Gasteiger partial charge < -0.3 is 4.90 Å². The topological polar surface area (TPSA) is 21.6 Å². The monoisotopic (exact) mass is 498 g/mol. The summed E-state index contributed by atoms with van der Waals surface area (Å²) in [5.74, 6) is 0.763. The Balaban J connectivity index is 1.90. The summed E-state index contributed by atoms with van der Waals surface area (Å²) in [6.07, 6.45) is 9.35. The van der Waals surface area contributed by atoms with Gasteiger partial charge in [0.25, 0.3) is 12.0 Å². The number of allylic oxidation sites excluding steroid dienone is 1. The lowest BCUT2D eigenvalue weighted by molar-refractivity contribution is -0.660. The second-order valence-electron chi connectivity index (χ2n) is 13.4. The highest BCUT2D eigenvalue weighted by molar-refractivity contribution is 5.99. The number of aliphatic imine (C=N–C) groups is 1. The van der Waals surface area contributed by atoms with E-state index >= 15 is 0 Å². The number of hydrogen-bond donors (Lipinski definition) is 0. The van der Waals surface area contributed by atoms with Gasteiger partial charge in [0.1, 0.15) is 19.0 Å². The van der Waals surface area contributed by atoms with Crippen LogP contribution in [0.5, 0.6) is 0 Å². The Kier molecular flexibility index (Phi) is 5.86.